The van der Waals surface area contributed by atoms with Gasteiger partial charge in [0, 0.05) is 11.6 Å². The lowest BCUT2D eigenvalue weighted by Gasteiger charge is -2.04. The molecule has 0 spiro atoms. The fraction of sp³-hybridized carbons (Fsp3) is 0. The molecule has 0 heterocycles. The molecule has 1 aromatic rings. The average Bonchev–Trinajstić information content (AvgIpc) is 2.16. The second kappa shape index (κ2) is 4.61. The van der Waals surface area contributed by atoms with Crippen molar-refractivity contribution in [3.8, 4) is 0 Å². The third-order valence-corrected chi connectivity index (χ3v) is 1.77. The highest BCUT2D eigenvalue weighted by atomic mass is 19.1. The van der Waals surface area contributed by atoms with Gasteiger partial charge in [0.1, 0.15) is 19.4 Å². The van der Waals surface area contributed by atoms with Crippen molar-refractivity contribution in [2.75, 3.05) is 0 Å². The van der Waals surface area contributed by atoms with Crippen molar-refractivity contribution in [2.45, 2.75) is 0 Å². The van der Waals surface area contributed by atoms with Crippen LogP contribution in [0.1, 0.15) is 5.56 Å². The van der Waals surface area contributed by atoms with Crippen LogP contribution in [0.5, 0.6) is 0 Å². The van der Waals surface area contributed by atoms with Crippen LogP contribution in [0.25, 0.3) is 5.76 Å². The number of hydrogen-bond donors (Lipinski definition) is 2. The number of carboxylic acids is 1. The Hall–Kier alpha value is -2.11. The maximum Gasteiger partial charge on any atom is 0.376 e. The summed E-state index contributed by atoms with van der Waals surface area (Å²) in [5.74, 6) is -4.21. The van der Waals surface area contributed by atoms with Crippen LogP contribution in [0.3, 0.4) is 0 Å². The number of benzene rings is 1. The van der Waals surface area contributed by atoms with Crippen LogP contribution >= 0.6 is 0 Å². The van der Waals surface area contributed by atoms with Crippen molar-refractivity contribution in [1.29, 1.82) is 0 Å². The molecule has 0 amide bonds. The summed E-state index contributed by atoms with van der Waals surface area (Å²) >= 11 is 0. The van der Waals surface area contributed by atoms with E-state index in [1.165, 1.54) is 0 Å². The Labute approximate surface area is 91.4 Å². The lowest BCUT2D eigenvalue weighted by Crippen LogP contribution is -2.13. The van der Waals surface area contributed by atoms with Gasteiger partial charge in [-0.1, -0.05) is 5.46 Å². The summed E-state index contributed by atoms with van der Waals surface area (Å²) in [7, 11) is 5.37. The molecule has 0 aliphatic rings. The van der Waals surface area contributed by atoms with E-state index >= 15 is 0 Å². The standard InChI is InChI=1S/C10H6BFO4/c11-7-3-5(12)1-2-6(7)8(13)4-9(14)10(15)16/h1-4,13H,(H,15,16). The highest BCUT2D eigenvalue weighted by molar-refractivity contribution is 6.39. The smallest absolute Gasteiger partial charge is 0.376 e. The molecule has 1 aromatic carbocycles. The molecule has 2 radical (unpaired) electrons. The van der Waals surface area contributed by atoms with Crippen molar-refractivity contribution in [3.05, 3.63) is 35.7 Å². The van der Waals surface area contributed by atoms with Crippen LogP contribution in [0.4, 0.5) is 4.39 Å². The van der Waals surface area contributed by atoms with E-state index in [2.05, 4.69) is 0 Å². The Bertz CT molecular complexity index is 482. The van der Waals surface area contributed by atoms with Crippen LogP contribution in [-0.2, 0) is 9.59 Å². The summed E-state index contributed by atoms with van der Waals surface area (Å²) in [6.45, 7) is 0. The second-order valence-electron chi connectivity index (χ2n) is 2.93. The molecule has 6 heteroatoms. The quantitative estimate of drug-likeness (QED) is 0.329. The first-order valence-corrected chi connectivity index (χ1v) is 4.15. The zero-order valence-corrected chi connectivity index (χ0v) is 7.98. The van der Waals surface area contributed by atoms with Gasteiger partial charge in [0.05, 0.1) is 0 Å². The van der Waals surface area contributed by atoms with E-state index < -0.39 is 23.3 Å². The molecule has 16 heavy (non-hydrogen) atoms. The predicted octanol–water partition coefficient (Wildman–Crippen LogP) is 0.172. The van der Waals surface area contributed by atoms with Gasteiger partial charge in [0.15, 0.2) is 0 Å². The first-order valence-electron chi connectivity index (χ1n) is 4.15. The average molecular weight is 220 g/mol. The summed E-state index contributed by atoms with van der Waals surface area (Å²) in [6.07, 6.45) is 0.506. The van der Waals surface area contributed by atoms with Gasteiger partial charge in [-0.3, -0.25) is 4.79 Å². The van der Waals surface area contributed by atoms with Crippen molar-refractivity contribution in [1.82, 2.24) is 0 Å². The van der Waals surface area contributed by atoms with Crippen molar-refractivity contribution in [2.24, 2.45) is 0 Å². The van der Waals surface area contributed by atoms with Crippen LogP contribution < -0.4 is 5.46 Å². The molecular weight excluding hydrogens is 214 g/mol. The van der Waals surface area contributed by atoms with Gasteiger partial charge in [-0.15, -0.1) is 0 Å². The monoisotopic (exact) mass is 220 g/mol. The van der Waals surface area contributed by atoms with Gasteiger partial charge >= 0.3 is 5.97 Å². The summed E-state index contributed by atoms with van der Waals surface area (Å²) in [6, 6.07) is 3.12. The number of aliphatic hydroxyl groups excluding tert-OH is 1. The Balaban J connectivity index is 3.10. The number of aliphatic hydroxyl groups is 1. The van der Waals surface area contributed by atoms with Gasteiger partial charge in [-0.2, -0.15) is 0 Å². The van der Waals surface area contributed by atoms with Crippen molar-refractivity contribution < 1.29 is 24.2 Å². The van der Waals surface area contributed by atoms with E-state index in [0.29, 0.717) is 6.08 Å². The van der Waals surface area contributed by atoms with E-state index in [-0.39, 0.29) is 11.0 Å². The van der Waals surface area contributed by atoms with Crippen molar-refractivity contribution in [3.63, 3.8) is 0 Å². The number of hydrogen-bond acceptors (Lipinski definition) is 3. The van der Waals surface area contributed by atoms with E-state index in [4.69, 9.17) is 13.0 Å². The SMILES string of the molecule is [B]c1cc(F)ccc1C(O)=CC(=O)C(=O)O. The Morgan fingerprint density at radius 1 is 1.31 bits per heavy atom. The number of carbonyl (C=O) groups excluding carboxylic acids is 1. The molecule has 0 unspecified atom stereocenters. The lowest BCUT2D eigenvalue weighted by molar-refractivity contribution is -0.146. The van der Waals surface area contributed by atoms with E-state index in [1.54, 1.807) is 0 Å². The Morgan fingerprint density at radius 3 is 2.44 bits per heavy atom. The third-order valence-electron chi connectivity index (χ3n) is 1.77. The van der Waals surface area contributed by atoms with Gasteiger partial charge in [0.25, 0.3) is 5.78 Å². The lowest BCUT2D eigenvalue weighted by atomic mass is 9.89. The maximum absolute atomic E-state index is 12.7. The second-order valence-corrected chi connectivity index (χ2v) is 2.93. The summed E-state index contributed by atoms with van der Waals surface area (Å²) in [5, 5.41) is 17.7. The molecule has 0 aliphatic carbocycles. The fourth-order valence-corrected chi connectivity index (χ4v) is 1.03. The van der Waals surface area contributed by atoms with Crippen LogP contribution in [0, 0.1) is 5.82 Å². The minimum atomic E-state index is -1.70. The van der Waals surface area contributed by atoms with Gasteiger partial charge in [0.2, 0.25) is 0 Å². The van der Waals surface area contributed by atoms with E-state index in [1.807, 2.05) is 0 Å². The molecule has 0 atom stereocenters. The first-order chi connectivity index (χ1) is 7.41. The number of ketones is 1. The largest absolute Gasteiger partial charge is 0.507 e. The highest BCUT2D eigenvalue weighted by Gasteiger charge is 2.11. The number of halogens is 1. The highest BCUT2D eigenvalue weighted by Crippen LogP contribution is 2.09. The Morgan fingerprint density at radius 2 is 1.94 bits per heavy atom. The van der Waals surface area contributed by atoms with E-state index in [9.17, 15) is 19.1 Å². The topological polar surface area (TPSA) is 74.6 Å². The van der Waals surface area contributed by atoms with E-state index in [0.717, 1.165) is 18.2 Å². The molecule has 0 bridgehead atoms. The molecule has 0 saturated carbocycles. The molecule has 0 saturated heterocycles. The predicted molar refractivity (Wildman–Crippen MR) is 55.0 cm³/mol. The third kappa shape index (κ3) is 2.69. The molecule has 4 nitrogen and oxygen atoms in total. The molecule has 2 N–H and O–H groups in total. The normalized spacial score (nSPS) is 11.2. The van der Waals surface area contributed by atoms with Gasteiger partial charge < -0.3 is 10.2 Å². The van der Waals surface area contributed by atoms with Crippen LogP contribution in [0.15, 0.2) is 24.3 Å². The summed E-state index contributed by atoms with van der Waals surface area (Å²) in [5.41, 5.74) is -0.0945. The molecular formula is C10H6BFO4. The van der Waals surface area contributed by atoms with Crippen LogP contribution in [-0.4, -0.2) is 29.8 Å². The molecule has 0 aliphatic heterocycles. The minimum absolute atomic E-state index is 0.00370. The molecule has 1 rings (SSSR count). The maximum atomic E-state index is 12.7. The zero-order valence-electron chi connectivity index (χ0n) is 7.98. The number of aliphatic carboxylic acids is 1. The number of carbonyl (C=O) groups is 2. The Kier molecular flexibility index (Phi) is 3.45. The summed E-state index contributed by atoms with van der Waals surface area (Å²) in [4.78, 5) is 21.0. The number of rotatable bonds is 3. The van der Waals surface area contributed by atoms with Gasteiger partial charge in [-0.05, 0) is 18.2 Å². The summed E-state index contributed by atoms with van der Waals surface area (Å²) < 4.78 is 12.7. The molecule has 0 fully saturated rings. The fourth-order valence-electron chi connectivity index (χ4n) is 1.03. The van der Waals surface area contributed by atoms with Crippen molar-refractivity contribution >= 4 is 30.8 Å². The molecule has 80 valence electrons. The number of carboxylic acid groups (broad SMARTS) is 1. The molecule has 0 aromatic heterocycles. The van der Waals surface area contributed by atoms with Crippen LogP contribution in [0.2, 0.25) is 0 Å². The minimum Gasteiger partial charge on any atom is -0.507 e. The zero-order chi connectivity index (χ0) is 12.3. The first kappa shape index (κ1) is 12.0. The van der Waals surface area contributed by atoms with Gasteiger partial charge in [-0.25, -0.2) is 9.18 Å².